The molecule has 0 bridgehead atoms. The molecule has 1 heterocycles. The third-order valence-electron chi connectivity index (χ3n) is 1.62. The summed E-state index contributed by atoms with van der Waals surface area (Å²) in [6, 6.07) is 3.68. The van der Waals surface area contributed by atoms with Crippen LogP contribution in [0.2, 0.25) is 0 Å². The van der Waals surface area contributed by atoms with E-state index in [1.165, 1.54) is 0 Å². The molecule has 0 aliphatic heterocycles. The number of aromatic nitrogens is 1. The molecule has 0 aromatic carbocycles. The van der Waals surface area contributed by atoms with E-state index in [1.54, 1.807) is 6.20 Å². The van der Waals surface area contributed by atoms with E-state index in [0.717, 1.165) is 5.69 Å². The highest BCUT2D eigenvalue weighted by Gasteiger charge is 2.05. The van der Waals surface area contributed by atoms with Gasteiger partial charge in [0, 0.05) is 18.5 Å². The van der Waals surface area contributed by atoms with Gasteiger partial charge < -0.3 is 15.2 Å². The second-order valence-corrected chi connectivity index (χ2v) is 2.51. The SMILES string of the molecule is OCCCC(O)c1ccc[nH]1. The second-order valence-electron chi connectivity index (χ2n) is 2.51. The maximum absolute atomic E-state index is 9.40. The second kappa shape index (κ2) is 4.16. The van der Waals surface area contributed by atoms with Crippen LogP contribution in [0.5, 0.6) is 0 Å². The van der Waals surface area contributed by atoms with Gasteiger partial charge >= 0.3 is 0 Å². The zero-order valence-electron chi connectivity index (χ0n) is 6.33. The molecule has 0 spiro atoms. The summed E-state index contributed by atoms with van der Waals surface area (Å²) in [5.74, 6) is 0. The summed E-state index contributed by atoms with van der Waals surface area (Å²) in [6.07, 6.45) is 2.56. The topological polar surface area (TPSA) is 56.2 Å². The Morgan fingerprint density at radius 1 is 1.55 bits per heavy atom. The number of aliphatic hydroxyl groups excluding tert-OH is 2. The molecule has 0 radical (unpaired) electrons. The van der Waals surface area contributed by atoms with E-state index in [0.29, 0.717) is 12.8 Å². The van der Waals surface area contributed by atoms with Gasteiger partial charge in [-0.05, 0) is 25.0 Å². The number of hydrogen-bond donors (Lipinski definition) is 3. The fourth-order valence-corrected chi connectivity index (χ4v) is 0.992. The molecule has 3 N–H and O–H groups in total. The predicted octanol–water partition coefficient (Wildman–Crippen LogP) is 0.821. The van der Waals surface area contributed by atoms with Crippen molar-refractivity contribution < 1.29 is 10.2 Å². The molecule has 0 amide bonds. The summed E-state index contributed by atoms with van der Waals surface area (Å²) >= 11 is 0. The monoisotopic (exact) mass is 155 g/mol. The molecule has 0 fully saturated rings. The Labute approximate surface area is 65.7 Å². The fourth-order valence-electron chi connectivity index (χ4n) is 0.992. The molecular formula is C8H13NO2. The maximum Gasteiger partial charge on any atom is 0.0938 e. The highest BCUT2D eigenvalue weighted by molar-refractivity contribution is 5.06. The minimum absolute atomic E-state index is 0.137. The Kier molecular flexibility index (Phi) is 3.14. The molecule has 11 heavy (non-hydrogen) atoms. The van der Waals surface area contributed by atoms with Crippen LogP contribution in [0, 0.1) is 0 Å². The first kappa shape index (κ1) is 8.30. The number of H-pyrrole nitrogens is 1. The number of nitrogens with one attached hydrogen (secondary N) is 1. The first-order valence-electron chi connectivity index (χ1n) is 3.77. The third kappa shape index (κ3) is 2.37. The Morgan fingerprint density at radius 2 is 2.36 bits per heavy atom. The van der Waals surface area contributed by atoms with Gasteiger partial charge in [-0.15, -0.1) is 0 Å². The van der Waals surface area contributed by atoms with Crippen molar-refractivity contribution >= 4 is 0 Å². The zero-order valence-corrected chi connectivity index (χ0v) is 6.33. The molecule has 1 unspecified atom stereocenters. The predicted molar refractivity (Wildman–Crippen MR) is 42.1 cm³/mol. The van der Waals surface area contributed by atoms with Crippen LogP contribution in [0.3, 0.4) is 0 Å². The molecule has 62 valence electrons. The number of aromatic amines is 1. The fraction of sp³-hybridized carbons (Fsp3) is 0.500. The summed E-state index contributed by atoms with van der Waals surface area (Å²) in [5, 5.41) is 17.9. The highest BCUT2D eigenvalue weighted by Crippen LogP contribution is 2.14. The summed E-state index contributed by atoms with van der Waals surface area (Å²) in [5.41, 5.74) is 0.818. The van der Waals surface area contributed by atoms with Gasteiger partial charge in [0.05, 0.1) is 6.10 Å². The Bertz CT molecular complexity index is 184. The number of aliphatic hydroxyl groups is 2. The van der Waals surface area contributed by atoms with Gasteiger partial charge in [-0.3, -0.25) is 0 Å². The van der Waals surface area contributed by atoms with Gasteiger partial charge in [-0.1, -0.05) is 0 Å². The van der Waals surface area contributed by atoms with E-state index in [2.05, 4.69) is 4.98 Å². The maximum atomic E-state index is 9.40. The number of rotatable bonds is 4. The van der Waals surface area contributed by atoms with Crippen molar-refractivity contribution in [3.8, 4) is 0 Å². The molecule has 1 atom stereocenters. The van der Waals surface area contributed by atoms with Crippen molar-refractivity contribution in [2.45, 2.75) is 18.9 Å². The van der Waals surface area contributed by atoms with E-state index >= 15 is 0 Å². The van der Waals surface area contributed by atoms with Crippen LogP contribution in [0.4, 0.5) is 0 Å². The van der Waals surface area contributed by atoms with Crippen LogP contribution in [0.15, 0.2) is 18.3 Å². The number of hydrogen-bond acceptors (Lipinski definition) is 2. The molecule has 0 saturated carbocycles. The lowest BCUT2D eigenvalue weighted by Gasteiger charge is -2.06. The lowest BCUT2D eigenvalue weighted by Crippen LogP contribution is -1.98. The lowest BCUT2D eigenvalue weighted by atomic mass is 10.1. The van der Waals surface area contributed by atoms with Crippen LogP contribution in [-0.4, -0.2) is 21.8 Å². The van der Waals surface area contributed by atoms with Gasteiger partial charge in [0.2, 0.25) is 0 Å². The van der Waals surface area contributed by atoms with Crippen LogP contribution in [0.25, 0.3) is 0 Å². The van der Waals surface area contributed by atoms with Crippen LogP contribution in [-0.2, 0) is 0 Å². The van der Waals surface area contributed by atoms with Crippen molar-refractivity contribution in [3.05, 3.63) is 24.0 Å². The Balaban J connectivity index is 2.36. The molecule has 0 aliphatic carbocycles. The van der Waals surface area contributed by atoms with Gasteiger partial charge in [0.25, 0.3) is 0 Å². The van der Waals surface area contributed by atoms with Gasteiger partial charge in [-0.25, -0.2) is 0 Å². The van der Waals surface area contributed by atoms with E-state index in [-0.39, 0.29) is 6.61 Å². The van der Waals surface area contributed by atoms with E-state index in [9.17, 15) is 5.11 Å². The van der Waals surface area contributed by atoms with Crippen molar-refractivity contribution in [2.75, 3.05) is 6.61 Å². The summed E-state index contributed by atoms with van der Waals surface area (Å²) in [6.45, 7) is 0.137. The molecule has 1 aromatic rings. The molecule has 1 aromatic heterocycles. The summed E-state index contributed by atoms with van der Waals surface area (Å²) in [4.78, 5) is 2.91. The molecule has 1 rings (SSSR count). The normalized spacial score (nSPS) is 13.3. The van der Waals surface area contributed by atoms with Gasteiger partial charge in [-0.2, -0.15) is 0 Å². The minimum atomic E-state index is -0.461. The average Bonchev–Trinajstić information content (AvgIpc) is 2.52. The molecule has 0 aliphatic rings. The quantitative estimate of drug-likeness (QED) is 0.603. The van der Waals surface area contributed by atoms with E-state index < -0.39 is 6.10 Å². The minimum Gasteiger partial charge on any atom is -0.396 e. The van der Waals surface area contributed by atoms with Crippen molar-refractivity contribution in [1.82, 2.24) is 4.98 Å². The Morgan fingerprint density at radius 3 is 2.91 bits per heavy atom. The smallest absolute Gasteiger partial charge is 0.0938 e. The van der Waals surface area contributed by atoms with E-state index in [4.69, 9.17) is 5.11 Å². The molecule has 3 heteroatoms. The highest BCUT2D eigenvalue weighted by atomic mass is 16.3. The lowest BCUT2D eigenvalue weighted by molar-refractivity contribution is 0.148. The first-order chi connectivity index (χ1) is 5.34. The summed E-state index contributed by atoms with van der Waals surface area (Å²) in [7, 11) is 0. The largest absolute Gasteiger partial charge is 0.396 e. The molecule has 0 saturated heterocycles. The van der Waals surface area contributed by atoms with Crippen molar-refractivity contribution in [2.24, 2.45) is 0 Å². The summed E-state index contributed by atoms with van der Waals surface area (Å²) < 4.78 is 0. The Hall–Kier alpha value is -0.800. The van der Waals surface area contributed by atoms with Crippen LogP contribution >= 0.6 is 0 Å². The third-order valence-corrected chi connectivity index (χ3v) is 1.62. The van der Waals surface area contributed by atoms with Crippen LogP contribution < -0.4 is 0 Å². The standard InChI is InChI=1S/C8H13NO2/c10-6-2-4-8(11)7-3-1-5-9-7/h1,3,5,8-11H,2,4,6H2. The molecule has 3 nitrogen and oxygen atoms in total. The zero-order chi connectivity index (χ0) is 8.10. The van der Waals surface area contributed by atoms with Crippen molar-refractivity contribution in [3.63, 3.8) is 0 Å². The van der Waals surface area contributed by atoms with Gasteiger partial charge in [0.15, 0.2) is 0 Å². The average molecular weight is 155 g/mol. The molecular weight excluding hydrogens is 142 g/mol. The van der Waals surface area contributed by atoms with E-state index in [1.807, 2.05) is 12.1 Å². The first-order valence-corrected chi connectivity index (χ1v) is 3.77. The van der Waals surface area contributed by atoms with Crippen LogP contribution in [0.1, 0.15) is 24.6 Å². The van der Waals surface area contributed by atoms with Gasteiger partial charge in [0.1, 0.15) is 0 Å². The van der Waals surface area contributed by atoms with Crippen molar-refractivity contribution in [1.29, 1.82) is 0 Å².